The van der Waals surface area contributed by atoms with Crippen LogP contribution in [0.3, 0.4) is 0 Å². The molecule has 0 radical (unpaired) electrons. The van der Waals surface area contributed by atoms with Crippen molar-refractivity contribution < 1.29 is 19.4 Å². The van der Waals surface area contributed by atoms with E-state index in [0.29, 0.717) is 12.0 Å². The normalized spacial score (nSPS) is 13.5. The maximum absolute atomic E-state index is 12.4. The molecule has 0 saturated heterocycles. The van der Waals surface area contributed by atoms with Crippen molar-refractivity contribution in [3.8, 4) is 0 Å². The van der Waals surface area contributed by atoms with Crippen LogP contribution in [0, 0.1) is 0 Å². The van der Waals surface area contributed by atoms with Crippen LogP contribution in [0.5, 0.6) is 0 Å². The van der Waals surface area contributed by atoms with E-state index in [-0.39, 0.29) is 18.1 Å². The minimum atomic E-state index is -1.73. The van der Waals surface area contributed by atoms with Gasteiger partial charge in [0.2, 0.25) is 0 Å². The Morgan fingerprint density at radius 2 is 1.90 bits per heavy atom. The standard InChI is InChI=1S/C16H21ClO4/c1-3-5-8-11-16(14(18)19,15(20)21-4-2)12-9-6-7-10-13(12)17/h6-7,9-10H,3-5,8,11H2,1-2H3,(H,18,19). The van der Waals surface area contributed by atoms with Gasteiger partial charge >= 0.3 is 11.9 Å². The molecule has 1 N–H and O–H groups in total. The fourth-order valence-electron chi connectivity index (χ4n) is 2.36. The molecular formula is C16H21ClO4. The van der Waals surface area contributed by atoms with Crippen molar-refractivity contribution in [3.63, 3.8) is 0 Å². The summed E-state index contributed by atoms with van der Waals surface area (Å²) in [7, 11) is 0. The lowest BCUT2D eigenvalue weighted by atomic mass is 9.76. The first-order valence-electron chi connectivity index (χ1n) is 7.16. The summed E-state index contributed by atoms with van der Waals surface area (Å²) in [5.74, 6) is -1.97. The van der Waals surface area contributed by atoms with Gasteiger partial charge < -0.3 is 9.84 Å². The van der Waals surface area contributed by atoms with Crippen molar-refractivity contribution in [2.45, 2.75) is 44.9 Å². The highest BCUT2D eigenvalue weighted by molar-refractivity contribution is 6.32. The number of carbonyl (C=O) groups is 2. The van der Waals surface area contributed by atoms with Crippen molar-refractivity contribution >= 4 is 23.5 Å². The van der Waals surface area contributed by atoms with Crippen LogP contribution in [-0.4, -0.2) is 23.7 Å². The number of rotatable bonds is 8. The minimum Gasteiger partial charge on any atom is -0.480 e. The van der Waals surface area contributed by atoms with E-state index in [1.165, 1.54) is 0 Å². The number of carbonyl (C=O) groups excluding carboxylic acids is 1. The van der Waals surface area contributed by atoms with E-state index < -0.39 is 17.4 Å². The van der Waals surface area contributed by atoms with E-state index in [1.807, 2.05) is 6.92 Å². The van der Waals surface area contributed by atoms with Gasteiger partial charge in [-0.3, -0.25) is 9.59 Å². The zero-order valence-corrected chi connectivity index (χ0v) is 13.2. The molecule has 0 saturated carbocycles. The average Bonchev–Trinajstić information content (AvgIpc) is 2.44. The van der Waals surface area contributed by atoms with Crippen LogP contribution in [0.2, 0.25) is 5.02 Å². The van der Waals surface area contributed by atoms with Crippen molar-refractivity contribution in [3.05, 3.63) is 34.9 Å². The number of carboxylic acid groups (broad SMARTS) is 1. The summed E-state index contributed by atoms with van der Waals surface area (Å²) in [6.45, 7) is 3.80. The molecule has 0 fully saturated rings. The Hall–Kier alpha value is -1.55. The van der Waals surface area contributed by atoms with Crippen molar-refractivity contribution in [1.82, 2.24) is 0 Å². The maximum atomic E-state index is 12.4. The maximum Gasteiger partial charge on any atom is 0.328 e. The van der Waals surface area contributed by atoms with E-state index in [4.69, 9.17) is 16.3 Å². The summed E-state index contributed by atoms with van der Waals surface area (Å²) in [5, 5.41) is 10.0. The average molecular weight is 313 g/mol. The van der Waals surface area contributed by atoms with Gasteiger partial charge in [0.05, 0.1) is 6.61 Å². The fourth-order valence-corrected chi connectivity index (χ4v) is 2.65. The number of hydrogen-bond donors (Lipinski definition) is 1. The molecule has 21 heavy (non-hydrogen) atoms. The number of unbranched alkanes of at least 4 members (excludes halogenated alkanes) is 2. The molecule has 0 bridgehead atoms. The molecule has 0 aliphatic carbocycles. The first-order valence-corrected chi connectivity index (χ1v) is 7.54. The van der Waals surface area contributed by atoms with Crippen LogP contribution >= 0.6 is 11.6 Å². The van der Waals surface area contributed by atoms with E-state index in [9.17, 15) is 14.7 Å². The number of benzene rings is 1. The molecule has 1 unspecified atom stereocenters. The van der Waals surface area contributed by atoms with Crippen LogP contribution in [0.4, 0.5) is 0 Å². The third kappa shape index (κ3) is 3.76. The molecule has 0 aromatic heterocycles. The molecule has 0 spiro atoms. The van der Waals surface area contributed by atoms with Gasteiger partial charge in [0.25, 0.3) is 0 Å². The summed E-state index contributed by atoms with van der Waals surface area (Å²) >= 11 is 6.14. The van der Waals surface area contributed by atoms with Crippen LogP contribution in [0.15, 0.2) is 24.3 Å². The number of hydrogen-bond acceptors (Lipinski definition) is 3. The molecular weight excluding hydrogens is 292 g/mol. The predicted octanol–water partition coefficient (Wildman–Crippen LogP) is 3.81. The molecule has 0 amide bonds. The lowest BCUT2D eigenvalue weighted by Gasteiger charge is -2.28. The summed E-state index contributed by atoms with van der Waals surface area (Å²) < 4.78 is 5.03. The van der Waals surface area contributed by atoms with Gasteiger partial charge in [-0.1, -0.05) is 56.0 Å². The molecule has 0 aliphatic heterocycles. The highest BCUT2D eigenvalue weighted by Crippen LogP contribution is 2.36. The minimum absolute atomic E-state index is 0.131. The number of ether oxygens (including phenoxy) is 1. The predicted molar refractivity (Wildman–Crippen MR) is 81.5 cm³/mol. The summed E-state index contributed by atoms with van der Waals surface area (Å²) in [4.78, 5) is 24.3. The van der Waals surface area contributed by atoms with Gasteiger partial charge in [-0.25, -0.2) is 0 Å². The molecule has 5 heteroatoms. The molecule has 0 heterocycles. The second-order valence-electron chi connectivity index (χ2n) is 4.87. The summed E-state index contributed by atoms with van der Waals surface area (Å²) in [6, 6.07) is 6.56. The highest BCUT2D eigenvalue weighted by atomic mass is 35.5. The SMILES string of the molecule is CCCCCC(C(=O)O)(C(=O)OCC)c1ccccc1Cl. The van der Waals surface area contributed by atoms with Crippen molar-refractivity contribution in [2.75, 3.05) is 6.61 Å². The van der Waals surface area contributed by atoms with Crippen molar-refractivity contribution in [1.29, 1.82) is 0 Å². The number of aliphatic carboxylic acids is 1. The highest BCUT2D eigenvalue weighted by Gasteiger charge is 2.49. The smallest absolute Gasteiger partial charge is 0.328 e. The molecule has 1 aromatic carbocycles. The second-order valence-corrected chi connectivity index (χ2v) is 5.28. The summed E-state index contributed by atoms with van der Waals surface area (Å²) in [5.41, 5.74) is -1.43. The van der Waals surface area contributed by atoms with Crippen LogP contribution in [0.25, 0.3) is 0 Å². The largest absolute Gasteiger partial charge is 0.480 e. The van der Waals surface area contributed by atoms with Crippen LogP contribution < -0.4 is 0 Å². The molecule has 1 atom stereocenters. The zero-order valence-electron chi connectivity index (χ0n) is 12.4. The first kappa shape index (κ1) is 17.5. The third-order valence-electron chi connectivity index (χ3n) is 3.48. The Balaban J connectivity index is 3.33. The monoisotopic (exact) mass is 312 g/mol. The lowest BCUT2D eigenvalue weighted by molar-refractivity contribution is -0.162. The molecule has 0 aliphatic rings. The van der Waals surface area contributed by atoms with Gasteiger partial charge in [-0.15, -0.1) is 0 Å². The quantitative estimate of drug-likeness (QED) is 0.450. The topological polar surface area (TPSA) is 63.6 Å². The molecule has 4 nitrogen and oxygen atoms in total. The van der Waals surface area contributed by atoms with Gasteiger partial charge in [-0.2, -0.15) is 0 Å². The number of halogens is 1. The number of esters is 1. The van der Waals surface area contributed by atoms with Gasteiger partial charge in [-0.05, 0) is 25.0 Å². The Labute approximate surface area is 130 Å². The Bertz CT molecular complexity index is 501. The van der Waals surface area contributed by atoms with Gasteiger partial charge in [0, 0.05) is 5.02 Å². The van der Waals surface area contributed by atoms with Crippen molar-refractivity contribution in [2.24, 2.45) is 0 Å². The molecule has 116 valence electrons. The Morgan fingerprint density at radius 3 is 2.43 bits per heavy atom. The van der Waals surface area contributed by atoms with Crippen LogP contribution in [0.1, 0.15) is 45.1 Å². The number of carboxylic acids is 1. The molecule has 1 rings (SSSR count). The fraction of sp³-hybridized carbons (Fsp3) is 0.500. The zero-order chi connectivity index (χ0) is 15.9. The lowest BCUT2D eigenvalue weighted by Crippen LogP contribution is -2.45. The van der Waals surface area contributed by atoms with Crippen LogP contribution in [-0.2, 0) is 19.7 Å². The van der Waals surface area contributed by atoms with Gasteiger partial charge in [0.1, 0.15) is 0 Å². The summed E-state index contributed by atoms with van der Waals surface area (Å²) in [6.07, 6.45) is 2.57. The van der Waals surface area contributed by atoms with E-state index in [0.717, 1.165) is 12.8 Å². The Kier molecular flexibility index (Phi) is 6.69. The third-order valence-corrected chi connectivity index (χ3v) is 3.81. The molecule has 1 aromatic rings. The Morgan fingerprint density at radius 1 is 1.24 bits per heavy atom. The first-order chi connectivity index (χ1) is 10.0. The van der Waals surface area contributed by atoms with E-state index in [1.54, 1.807) is 31.2 Å². The van der Waals surface area contributed by atoms with E-state index >= 15 is 0 Å². The van der Waals surface area contributed by atoms with Gasteiger partial charge in [0.15, 0.2) is 5.41 Å². The second kappa shape index (κ2) is 8.03. The van der Waals surface area contributed by atoms with E-state index in [2.05, 4.69) is 0 Å².